The van der Waals surface area contributed by atoms with Gasteiger partial charge in [-0.15, -0.1) is 0 Å². The molecule has 3 unspecified atom stereocenters. The van der Waals surface area contributed by atoms with Crippen LogP contribution in [-0.2, 0) is 17.5 Å². The standard InChI is InChI=1S/C17H22F3N3O/c1-2-21-16(23-14-9-13-6-7-15(14)24-13)22-10-11-4-3-5-12(8-11)17(18,19)20/h3-5,8,13-15H,2,6-7,9-10H2,1H3,(H2,21,22,23). The summed E-state index contributed by atoms with van der Waals surface area (Å²) in [5.74, 6) is 0.621. The Morgan fingerprint density at radius 3 is 2.79 bits per heavy atom. The minimum absolute atomic E-state index is 0.195. The van der Waals surface area contributed by atoms with Crippen LogP contribution in [0.1, 0.15) is 37.3 Å². The number of benzene rings is 1. The van der Waals surface area contributed by atoms with Gasteiger partial charge in [-0.25, -0.2) is 4.99 Å². The van der Waals surface area contributed by atoms with Crippen LogP contribution in [-0.4, -0.2) is 30.8 Å². The van der Waals surface area contributed by atoms with Crippen LogP contribution in [0.4, 0.5) is 13.2 Å². The number of ether oxygens (including phenoxy) is 1. The van der Waals surface area contributed by atoms with Gasteiger partial charge in [0.05, 0.1) is 30.4 Å². The quantitative estimate of drug-likeness (QED) is 0.653. The lowest BCUT2D eigenvalue weighted by atomic mass is 9.96. The van der Waals surface area contributed by atoms with Crippen molar-refractivity contribution in [3.63, 3.8) is 0 Å². The first kappa shape index (κ1) is 17.1. The molecular weight excluding hydrogens is 319 g/mol. The maximum absolute atomic E-state index is 12.8. The summed E-state index contributed by atoms with van der Waals surface area (Å²) >= 11 is 0. The Kier molecular flexibility index (Phi) is 4.99. The van der Waals surface area contributed by atoms with E-state index in [-0.39, 0.29) is 18.7 Å². The Morgan fingerprint density at radius 1 is 1.33 bits per heavy atom. The van der Waals surface area contributed by atoms with Gasteiger partial charge in [0.15, 0.2) is 5.96 Å². The highest BCUT2D eigenvalue weighted by molar-refractivity contribution is 5.80. The van der Waals surface area contributed by atoms with Gasteiger partial charge in [0.25, 0.3) is 0 Å². The fraction of sp³-hybridized carbons (Fsp3) is 0.588. The predicted octanol–water partition coefficient (Wildman–Crippen LogP) is 3.08. The van der Waals surface area contributed by atoms with Crippen LogP contribution in [0.2, 0.25) is 0 Å². The number of halogens is 3. The van der Waals surface area contributed by atoms with E-state index in [0.717, 1.165) is 31.4 Å². The molecule has 0 radical (unpaired) electrons. The molecule has 2 fully saturated rings. The number of rotatable bonds is 4. The van der Waals surface area contributed by atoms with Crippen molar-refractivity contribution in [3.8, 4) is 0 Å². The molecule has 2 N–H and O–H groups in total. The highest BCUT2D eigenvalue weighted by atomic mass is 19.4. The van der Waals surface area contributed by atoms with Gasteiger partial charge in [-0.2, -0.15) is 13.2 Å². The molecule has 3 rings (SSSR count). The fourth-order valence-electron chi connectivity index (χ4n) is 3.30. The summed E-state index contributed by atoms with van der Waals surface area (Å²) in [6, 6.07) is 5.51. The highest BCUT2D eigenvalue weighted by Gasteiger charge is 2.41. The zero-order valence-corrected chi connectivity index (χ0v) is 13.6. The second-order valence-corrected chi connectivity index (χ2v) is 6.25. The number of guanidine groups is 1. The number of hydrogen-bond acceptors (Lipinski definition) is 2. The first-order valence-electron chi connectivity index (χ1n) is 8.32. The van der Waals surface area contributed by atoms with E-state index in [0.29, 0.717) is 24.2 Å². The van der Waals surface area contributed by atoms with Gasteiger partial charge in [-0.1, -0.05) is 12.1 Å². The molecule has 2 aliphatic heterocycles. The van der Waals surface area contributed by atoms with Crippen molar-refractivity contribution < 1.29 is 17.9 Å². The van der Waals surface area contributed by atoms with Crippen LogP contribution in [0.25, 0.3) is 0 Å². The van der Waals surface area contributed by atoms with Crippen LogP contribution >= 0.6 is 0 Å². The number of hydrogen-bond donors (Lipinski definition) is 2. The van der Waals surface area contributed by atoms with Crippen molar-refractivity contribution in [2.24, 2.45) is 4.99 Å². The summed E-state index contributed by atoms with van der Waals surface area (Å²) in [5.41, 5.74) is -0.110. The molecule has 0 spiro atoms. The van der Waals surface area contributed by atoms with Crippen molar-refractivity contribution in [2.45, 2.75) is 57.2 Å². The van der Waals surface area contributed by atoms with Crippen molar-refractivity contribution in [1.82, 2.24) is 10.6 Å². The minimum atomic E-state index is -4.33. The summed E-state index contributed by atoms with van der Waals surface area (Å²) in [6.45, 7) is 2.84. The van der Waals surface area contributed by atoms with Gasteiger partial charge >= 0.3 is 6.18 Å². The summed E-state index contributed by atoms with van der Waals surface area (Å²) in [5, 5.41) is 6.50. The smallest absolute Gasteiger partial charge is 0.373 e. The lowest BCUT2D eigenvalue weighted by Crippen LogP contribution is -2.47. The van der Waals surface area contributed by atoms with E-state index < -0.39 is 11.7 Å². The molecule has 0 aromatic heterocycles. The van der Waals surface area contributed by atoms with Crippen LogP contribution in [0.15, 0.2) is 29.3 Å². The van der Waals surface area contributed by atoms with Gasteiger partial charge < -0.3 is 15.4 Å². The Balaban J connectivity index is 1.65. The molecule has 2 heterocycles. The van der Waals surface area contributed by atoms with Crippen LogP contribution in [0.3, 0.4) is 0 Å². The van der Waals surface area contributed by atoms with Crippen molar-refractivity contribution in [1.29, 1.82) is 0 Å². The highest BCUT2D eigenvalue weighted by Crippen LogP contribution is 2.34. The second kappa shape index (κ2) is 7.01. The molecule has 132 valence electrons. The minimum Gasteiger partial charge on any atom is -0.373 e. The number of aliphatic imine (C=N–C) groups is 1. The Morgan fingerprint density at radius 2 is 2.17 bits per heavy atom. The van der Waals surface area contributed by atoms with E-state index in [2.05, 4.69) is 15.6 Å². The third-order valence-electron chi connectivity index (χ3n) is 4.45. The summed E-state index contributed by atoms with van der Waals surface area (Å²) in [7, 11) is 0. The van der Waals surface area contributed by atoms with E-state index in [9.17, 15) is 13.2 Å². The molecule has 7 heteroatoms. The maximum Gasteiger partial charge on any atom is 0.416 e. The van der Waals surface area contributed by atoms with Crippen molar-refractivity contribution >= 4 is 5.96 Å². The number of nitrogens with one attached hydrogen (secondary N) is 2. The molecule has 3 atom stereocenters. The van der Waals surface area contributed by atoms with Gasteiger partial charge in [-0.3, -0.25) is 0 Å². The monoisotopic (exact) mass is 341 g/mol. The predicted molar refractivity (Wildman–Crippen MR) is 85.7 cm³/mol. The molecular formula is C17H22F3N3O. The molecule has 1 aromatic carbocycles. The van der Waals surface area contributed by atoms with E-state index in [1.807, 2.05) is 6.92 Å². The molecule has 4 nitrogen and oxygen atoms in total. The van der Waals surface area contributed by atoms with E-state index in [1.54, 1.807) is 6.07 Å². The number of alkyl halides is 3. The van der Waals surface area contributed by atoms with E-state index in [4.69, 9.17) is 4.74 Å². The van der Waals surface area contributed by atoms with Crippen LogP contribution in [0, 0.1) is 0 Å². The normalized spacial score (nSPS) is 26.7. The Bertz CT molecular complexity index is 603. The second-order valence-electron chi connectivity index (χ2n) is 6.25. The largest absolute Gasteiger partial charge is 0.416 e. The van der Waals surface area contributed by atoms with Gasteiger partial charge in [0.2, 0.25) is 0 Å². The molecule has 0 aliphatic carbocycles. The molecule has 2 bridgehead atoms. The maximum atomic E-state index is 12.8. The Hall–Kier alpha value is -1.76. The van der Waals surface area contributed by atoms with Gasteiger partial charge in [0, 0.05) is 6.54 Å². The zero-order valence-electron chi connectivity index (χ0n) is 13.6. The van der Waals surface area contributed by atoms with Crippen molar-refractivity contribution in [3.05, 3.63) is 35.4 Å². The summed E-state index contributed by atoms with van der Waals surface area (Å²) in [6.07, 6.45) is -0.663. The zero-order chi connectivity index (χ0) is 17.2. The molecule has 0 saturated carbocycles. The Labute approximate surface area is 139 Å². The average Bonchev–Trinajstić information content (AvgIpc) is 3.15. The molecule has 2 saturated heterocycles. The van der Waals surface area contributed by atoms with Gasteiger partial charge in [0.1, 0.15) is 0 Å². The SMILES string of the molecule is CCNC(=NCc1cccc(C(F)(F)F)c1)NC1CC2CCC1O2. The topological polar surface area (TPSA) is 45.7 Å². The summed E-state index contributed by atoms with van der Waals surface area (Å²) in [4.78, 5) is 4.43. The lowest BCUT2D eigenvalue weighted by Gasteiger charge is -2.22. The third kappa shape index (κ3) is 4.01. The molecule has 24 heavy (non-hydrogen) atoms. The lowest BCUT2D eigenvalue weighted by molar-refractivity contribution is -0.137. The molecule has 1 aromatic rings. The third-order valence-corrected chi connectivity index (χ3v) is 4.45. The average molecular weight is 341 g/mol. The van der Waals surface area contributed by atoms with Crippen LogP contribution < -0.4 is 10.6 Å². The first-order valence-corrected chi connectivity index (χ1v) is 8.32. The number of fused-ring (bicyclic) bond motifs is 2. The van der Waals surface area contributed by atoms with Crippen LogP contribution in [0.5, 0.6) is 0 Å². The summed E-state index contributed by atoms with van der Waals surface area (Å²) < 4.78 is 44.1. The fourth-order valence-corrected chi connectivity index (χ4v) is 3.30. The molecule has 2 aliphatic rings. The first-order chi connectivity index (χ1) is 11.5. The van der Waals surface area contributed by atoms with Gasteiger partial charge in [-0.05, 0) is 43.9 Å². The molecule has 0 amide bonds. The number of nitrogens with zero attached hydrogens (tertiary/aromatic N) is 1. The van der Waals surface area contributed by atoms with Crippen molar-refractivity contribution in [2.75, 3.05) is 6.54 Å². The van der Waals surface area contributed by atoms with E-state index in [1.165, 1.54) is 6.07 Å². The van der Waals surface area contributed by atoms with E-state index >= 15 is 0 Å².